The van der Waals surface area contributed by atoms with Crippen LogP contribution in [-0.2, 0) is 0 Å². The second kappa shape index (κ2) is 8.88. The van der Waals surface area contributed by atoms with E-state index in [4.69, 9.17) is 10.9 Å². The van der Waals surface area contributed by atoms with E-state index in [-0.39, 0.29) is 5.84 Å². The molecule has 4 heteroatoms. The maximum absolute atomic E-state index is 8.23. The highest BCUT2D eigenvalue weighted by molar-refractivity contribution is 5.79. The predicted molar refractivity (Wildman–Crippen MR) is 53.6 cm³/mol. The molecule has 0 aromatic carbocycles. The number of hydrogen-bond acceptors (Lipinski definition) is 3. The minimum atomic E-state index is 0.287. The summed E-state index contributed by atoms with van der Waals surface area (Å²) in [7, 11) is 0. The van der Waals surface area contributed by atoms with Crippen LogP contribution in [0.1, 0.15) is 26.2 Å². The maximum Gasteiger partial charge on any atom is 0.139 e. The zero-order chi connectivity index (χ0) is 9.94. The topological polar surface area (TPSA) is 70.6 Å². The number of nitrogens with two attached hydrogens (primary N) is 1. The smallest absolute Gasteiger partial charge is 0.139 e. The lowest BCUT2D eigenvalue weighted by atomic mass is 10.3. The molecular weight excluding hydrogens is 166 g/mol. The van der Waals surface area contributed by atoms with Gasteiger partial charge in [-0.05, 0) is 19.9 Å². The Morgan fingerprint density at radius 3 is 2.92 bits per heavy atom. The highest BCUT2D eigenvalue weighted by Gasteiger charge is 1.92. The fourth-order valence-corrected chi connectivity index (χ4v) is 0.845. The van der Waals surface area contributed by atoms with E-state index in [2.05, 4.69) is 22.3 Å². The Morgan fingerprint density at radius 1 is 1.54 bits per heavy atom. The number of hydrogen-bond donors (Lipinski definition) is 3. The van der Waals surface area contributed by atoms with E-state index >= 15 is 0 Å². The maximum atomic E-state index is 8.23. The average Bonchev–Trinajstić information content (AvgIpc) is 2.16. The van der Waals surface area contributed by atoms with Crippen molar-refractivity contribution in [1.82, 2.24) is 5.32 Å². The number of rotatable bonds is 6. The molecule has 0 unspecified atom stereocenters. The molecule has 0 aliphatic rings. The van der Waals surface area contributed by atoms with E-state index in [9.17, 15) is 0 Å². The summed E-state index contributed by atoms with van der Waals surface area (Å²) in [6.45, 7) is 3.61. The summed E-state index contributed by atoms with van der Waals surface area (Å²) in [6.07, 6.45) is 2.39. The van der Waals surface area contributed by atoms with E-state index < -0.39 is 0 Å². The Kier molecular flexibility index (Phi) is 8.06. The van der Waals surface area contributed by atoms with Crippen molar-refractivity contribution in [2.24, 2.45) is 10.9 Å². The number of nitrogens with zero attached hydrogens (tertiary/aromatic N) is 1. The summed E-state index contributed by atoms with van der Waals surface area (Å²) in [6, 6.07) is 0. The van der Waals surface area contributed by atoms with Crippen molar-refractivity contribution in [3.05, 3.63) is 0 Å². The minimum Gasteiger partial charge on any atom is -0.409 e. The third kappa shape index (κ3) is 8.70. The van der Waals surface area contributed by atoms with Crippen LogP contribution in [0.15, 0.2) is 5.16 Å². The molecule has 0 bridgehead atoms. The van der Waals surface area contributed by atoms with Crippen LogP contribution in [0.2, 0.25) is 0 Å². The Morgan fingerprint density at radius 2 is 2.31 bits per heavy atom. The molecule has 0 rings (SSSR count). The van der Waals surface area contributed by atoms with Crippen LogP contribution in [0.5, 0.6) is 0 Å². The summed E-state index contributed by atoms with van der Waals surface area (Å²) in [5, 5.41) is 14.3. The summed E-state index contributed by atoms with van der Waals surface area (Å²) in [4.78, 5) is 0. The molecule has 0 atom stereocenters. The van der Waals surface area contributed by atoms with Crippen LogP contribution in [0, 0.1) is 11.8 Å². The average molecular weight is 183 g/mol. The molecule has 0 aromatic heterocycles. The van der Waals surface area contributed by atoms with Crippen molar-refractivity contribution >= 4 is 5.84 Å². The molecule has 0 aliphatic heterocycles. The van der Waals surface area contributed by atoms with Gasteiger partial charge in [-0.25, -0.2) is 0 Å². The number of nitrogens with one attached hydrogen (secondary N) is 1. The first-order chi connectivity index (χ1) is 6.31. The molecule has 4 nitrogen and oxygen atoms in total. The van der Waals surface area contributed by atoms with Gasteiger partial charge in [-0.1, -0.05) is 5.16 Å². The molecule has 0 radical (unpaired) electrons. The standard InChI is InChI=1S/C9H17N3O/c1-2-3-4-7-11-8-5-6-9(10)12-13/h11,13H,4-8H2,1H3,(H2,10,12). The summed E-state index contributed by atoms with van der Waals surface area (Å²) < 4.78 is 0. The van der Waals surface area contributed by atoms with Gasteiger partial charge in [0.1, 0.15) is 5.84 Å². The summed E-state index contributed by atoms with van der Waals surface area (Å²) >= 11 is 0. The second-order valence-corrected chi connectivity index (χ2v) is 2.62. The first kappa shape index (κ1) is 11.8. The Labute approximate surface area is 79.2 Å². The van der Waals surface area contributed by atoms with Gasteiger partial charge in [0.25, 0.3) is 0 Å². The highest BCUT2D eigenvalue weighted by atomic mass is 16.4. The third-order valence-electron chi connectivity index (χ3n) is 1.52. The SMILES string of the molecule is CC#CCCNCCCC(N)=NO. The van der Waals surface area contributed by atoms with Crippen LogP contribution in [0.3, 0.4) is 0 Å². The van der Waals surface area contributed by atoms with E-state index in [1.54, 1.807) is 0 Å². The molecule has 0 saturated carbocycles. The lowest BCUT2D eigenvalue weighted by Gasteiger charge is -2.00. The number of oxime groups is 1. The molecule has 4 N–H and O–H groups in total. The Bertz CT molecular complexity index is 203. The van der Waals surface area contributed by atoms with Crippen molar-refractivity contribution in [1.29, 1.82) is 0 Å². The molecule has 0 amide bonds. The van der Waals surface area contributed by atoms with Crippen LogP contribution in [-0.4, -0.2) is 24.1 Å². The van der Waals surface area contributed by atoms with E-state index in [0.717, 1.165) is 25.9 Å². The van der Waals surface area contributed by atoms with Gasteiger partial charge in [-0.2, -0.15) is 0 Å². The van der Waals surface area contributed by atoms with Crippen molar-refractivity contribution in [2.75, 3.05) is 13.1 Å². The van der Waals surface area contributed by atoms with E-state index in [1.165, 1.54) is 0 Å². The molecule has 0 aromatic rings. The molecular formula is C9H17N3O. The quantitative estimate of drug-likeness (QED) is 0.140. The minimum absolute atomic E-state index is 0.287. The van der Waals surface area contributed by atoms with Gasteiger partial charge < -0.3 is 16.3 Å². The van der Waals surface area contributed by atoms with Crippen molar-refractivity contribution in [3.8, 4) is 11.8 Å². The van der Waals surface area contributed by atoms with Gasteiger partial charge >= 0.3 is 0 Å². The molecule has 74 valence electrons. The first-order valence-electron chi connectivity index (χ1n) is 4.38. The zero-order valence-electron chi connectivity index (χ0n) is 8.01. The second-order valence-electron chi connectivity index (χ2n) is 2.62. The summed E-state index contributed by atoms with van der Waals surface area (Å²) in [5.74, 6) is 6.07. The van der Waals surface area contributed by atoms with Gasteiger partial charge in [-0.3, -0.25) is 0 Å². The van der Waals surface area contributed by atoms with Crippen LogP contribution in [0.4, 0.5) is 0 Å². The highest BCUT2D eigenvalue weighted by Crippen LogP contribution is 1.86. The van der Waals surface area contributed by atoms with Crippen molar-refractivity contribution in [3.63, 3.8) is 0 Å². The third-order valence-corrected chi connectivity index (χ3v) is 1.52. The molecule has 13 heavy (non-hydrogen) atoms. The Hall–Kier alpha value is -1.21. The normalized spacial score (nSPS) is 10.7. The first-order valence-corrected chi connectivity index (χ1v) is 4.38. The Balaban J connectivity index is 3.11. The van der Waals surface area contributed by atoms with Crippen LogP contribution in [0.25, 0.3) is 0 Å². The monoisotopic (exact) mass is 183 g/mol. The lowest BCUT2D eigenvalue weighted by molar-refractivity contribution is 0.316. The molecule has 0 aliphatic carbocycles. The van der Waals surface area contributed by atoms with Gasteiger partial charge in [0.2, 0.25) is 0 Å². The zero-order valence-corrected chi connectivity index (χ0v) is 8.01. The van der Waals surface area contributed by atoms with Crippen molar-refractivity contribution < 1.29 is 5.21 Å². The predicted octanol–water partition coefficient (Wildman–Crippen LogP) is 0.516. The molecule has 0 heterocycles. The fourth-order valence-electron chi connectivity index (χ4n) is 0.845. The molecule has 0 fully saturated rings. The van der Waals surface area contributed by atoms with Gasteiger partial charge in [-0.15, -0.1) is 11.8 Å². The van der Waals surface area contributed by atoms with E-state index in [0.29, 0.717) is 6.42 Å². The lowest BCUT2D eigenvalue weighted by Crippen LogP contribution is -2.19. The number of amidine groups is 1. The van der Waals surface area contributed by atoms with Gasteiger partial charge in [0.15, 0.2) is 0 Å². The van der Waals surface area contributed by atoms with E-state index in [1.807, 2.05) is 6.92 Å². The van der Waals surface area contributed by atoms with Gasteiger partial charge in [0.05, 0.1) is 0 Å². The molecule has 0 saturated heterocycles. The van der Waals surface area contributed by atoms with Crippen LogP contribution < -0.4 is 11.1 Å². The largest absolute Gasteiger partial charge is 0.409 e. The fraction of sp³-hybridized carbons (Fsp3) is 0.667. The van der Waals surface area contributed by atoms with Crippen LogP contribution >= 0.6 is 0 Å². The summed E-state index contributed by atoms with van der Waals surface area (Å²) in [5.41, 5.74) is 5.29. The van der Waals surface area contributed by atoms with Gasteiger partial charge in [0, 0.05) is 19.4 Å². The van der Waals surface area contributed by atoms with Crippen molar-refractivity contribution in [2.45, 2.75) is 26.2 Å². The molecule has 0 spiro atoms.